The van der Waals surface area contributed by atoms with E-state index in [0.29, 0.717) is 43.3 Å². The smallest absolute Gasteiger partial charge is 0.407 e. The molecule has 32 heavy (non-hydrogen) atoms. The summed E-state index contributed by atoms with van der Waals surface area (Å²) in [4.78, 5) is 24.1. The Bertz CT molecular complexity index is 1280. The number of amides is 1. The molecular formula is C23H20FN5O3. The summed E-state index contributed by atoms with van der Waals surface area (Å²) in [7, 11) is 0. The van der Waals surface area contributed by atoms with Crippen molar-refractivity contribution in [1.82, 2.24) is 19.3 Å². The quantitative estimate of drug-likeness (QED) is 0.512. The molecule has 0 aliphatic carbocycles. The summed E-state index contributed by atoms with van der Waals surface area (Å²) in [5.41, 5.74) is 3.66. The fraction of sp³-hybridized carbons (Fsp3) is 0.174. The minimum Gasteiger partial charge on any atom is -0.508 e. The largest absolute Gasteiger partial charge is 0.508 e. The predicted octanol–water partition coefficient (Wildman–Crippen LogP) is 3.71. The van der Waals surface area contributed by atoms with Gasteiger partial charge in [-0.3, -0.25) is 4.40 Å². The highest BCUT2D eigenvalue weighted by molar-refractivity contribution is 5.85. The molecule has 9 heteroatoms. The van der Waals surface area contributed by atoms with Crippen molar-refractivity contribution in [2.45, 2.75) is 0 Å². The minimum atomic E-state index is -0.926. The summed E-state index contributed by atoms with van der Waals surface area (Å²) in [6.07, 6.45) is 2.57. The van der Waals surface area contributed by atoms with Crippen molar-refractivity contribution in [3.8, 4) is 28.3 Å². The number of nitrogens with zero attached hydrogens (tertiary/aromatic N) is 5. The van der Waals surface area contributed by atoms with Gasteiger partial charge < -0.3 is 20.0 Å². The molecule has 162 valence electrons. The van der Waals surface area contributed by atoms with Gasteiger partial charge in [-0.15, -0.1) is 0 Å². The van der Waals surface area contributed by atoms with Gasteiger partial charge in [0.15, 0.2) is 11.5 Å². The summed E-state index contributed by atoms with van der Waals surface area (Å²) in [6, 6.07) is 13.0. The van der Waals surface area contributed by atoms with Crippen molar-refractivity contribution in [3.63, 3.8) is 0 Å². The Kier molecular flexibility index (Phi) is 4.85. The second-order valence-corrected chi connectivity index (χ2v) is 7.56. The van der Waals surface area contributed by atoms with E-state index in [1.807, 2.05) is 15.5 Å². The van der Waals surface area contributed by atoms with Crippen molar-refractivity contribution >= 4 is 17.6 Å². The van der Waals surface area contributed by atoms with E-state index < -0.39 is 6.09 Å². The number of fused-ring (bicyclic) bond motifs is 1. The average Bonchev–Trinajstić information content (AvgIpc) is 3.20. The molecule has 0 radical (unpaired) electrons. The zero-order valence-corrected chi connectivity index (χ0v) is 17.0. The van der Waals surface area contributed by atoms with E-state index >= 15 is 0 Å². The van der Waals surface area contributed by atoms with Gasteiger partial charge in [-0.2, -0.15) is 0 Å². The number of carboxylic acid groups (broad SMARTS) is 1. The number of imidazole rings is 1. The number of carbonyl (C=O) groups is 1. The second kappa shape index (κ2) is 7.84. The Morgan fingerprint density at radius 1 is 0.938 bits per heavy atom. The van der Waals surface area contributed by atoms with Gasteiger partial charge in [0.25, 0.3) is 0 Å². The molecule has 2 N–H and O–H groups in total. The fourth-order valence-electron chi connectivity index (χ4n) is 4.00. The lowest BCUT2D eigenvalue weighted by atomic mass is 10.0. The molecule has 0 saturated carbocycles. The normalized spacial score (nSPS) is 14.2. The number of aromatic hydroxyl groups is 1. The number of phenols is 1. The van der Waals surface area contributed by atoms with Crippen molar-refractivity contribution in [2.75, 3.05) is 31.1 Å². The SMILES string of the molecule is O=C(O)N1CCN(c2nccn3c(-c4ccc(O)cc4)c(-c4ccc(F)cc4)nc23)CC1. The lowest BCUT2D eigenvalue weighted by molar-refractivity contribution is 0.142. The monoisotopic (exact) mass is 433 g/mol. The average molecular weight is 433 g/mol. The van der Waals surface area contributed by atoms with Crippen molar-refractivity contribution in [2.24, 2.45) is 0 Å². The number of hydrogen-bond donors (Lipinski definition) is 2. The topological polar surface area (TPSA) is 94.2 Å². The molecule has 1 aliphatic heterocycles. The predicted molar refractivity (Wildman–Crippen MR) is 117 cm³/mol. The number of halogens is 1. The molecule has 0 unspecified atom stereocenters. The first kappa shape index (κ1) is 19.8. The molecule has 1 fully saturated rings. The van der Waals surface area contributed by atoms with Crippen molar-refractivity contribution in [1.29, 1.82) is 0 Å². The Morgan fingerprint density at radius 3 is 2.25 bits per heavy atom. The number of hydrogen-bond acceptors (Lipinski definition) is 5. The standard InChI is InChI=1S/C23H20FN5O3/c24-17-5-1-15(2-6-17)19-20(16-3-7-18(30)8-4-16)29-10-9-25-21(22(29)26-19)27-11-13-28(14-12-27)23(31)32/h1-10,30H,11-14H2,(H,31,32). The van der Waals surface area contributed by atoms with Crippen LogP contribution in [-0.4, -0.2) is 61.8 Å². The van der Waals surface area contributed by atoms with Crippen LogP contribution in [-0.2, 0) is 0 Å². The summed E-state index contributed by atoms with van der Waals surface area (Å²) < 4.78 is 15.5. The van der Waals surface area contributed by atoms with E-state index in [4.69, 9.17) is 4.98 Å². The molecule has 2 aromatic heterocycles. The molecule has 8 nitrogen and oxygen atoms in total. The third-order valence-corrected chi connectivity index (χ3v) is 5.63. The highest BCUT2D eigenvalue weighted by Crippen LogP contribution is 2.35. The maximum absolute atomic E-state index is 13.6. The third-order valence-electron chi connectivity index (χ3n) is 5.63. The fourth-order valence-corrected chi connectivity index (χ4v) is 4.00. The number of aromatic nitrogens is 3. The molecule has 0 spiro atoms. The van der Waals surface area contributed by atoms with Crippen LogP contribution in [0.3, 0.4) is 0 Å². The van der Waals surface area contributed by atoms with E-state index in [9.17, 15) is 19.4 Å². The Balaban J connectivity index is 1.66. The summed E-state index contributed by atoms with van der Waals surface area (Å²) >= 11 is 0. The first-order valence-electron chi connectivity index (χ1n) is 10.2. The van der Waals surface area contributed by atoms with E-state index in [1.54, 1.807) is 42.6 Å². The van der Waals surface area contributed by atoms with Crippen LogP contribution in [0.15, 0.2) is 60.9 Å². The van der Waals surface area contributed by atoms with Crippen LogP contribution in [0.4, 0.5) is 15.0 Å². The van der Waals surface area contributed by atoms with Gasteiger partial charge in [0.05, 0.1) is 11.4 Å². The molecule has 5 rings (SSSR count). The van der Waals surface area contributed by atoms with Gasteiger partial charge in [0, 0.05) is 49.7 Å². The Morgan fingerprint density at radius 2 is 1.59 bits per heavy atom. The molecule has 1 saturated heterocycles. The van der Waals surface area contributed by atoms with E-state index in [-0.39, 0.29) is 11.6 Å². The first-order chi connectivity index (χ1) is 15.5. The minimum absolute atomic E-state index is 0.157. The van der Waals surface area contributed by atoms with Crippen LogP contribution in [0.1, 0.15) is 0 Å². The van der Waals surface area contributed by atoms with Crippen LogP contribution < -0.4 is 4.90 Å². The molecule has 0 bridgehead atoms. The highest BCUT2D eigenvalue weighted by atomic mass is 19.1. The van der Waals surface area contributed by atoms with Gasteiger partial charge in [-0.05, 0) is 48.5 Å². The molecule has 4 aromatic rings. The molecular weight excluding hydrogens is 413 g/mol. The first-order valence-corrected chi connectivity index (χ1v) is 10.2. The molecule has 1 aliphatic rings. The maximum Gasteiger partial charge on any atom is 0.407 e. The van der Waals surface area contributed by atoms with Crippen LogP contribution in [0.5, 0.6) is 5.75 Å². The Labute approximate surface area is 182 Å². The number of piperazine rings is 1. The second-order valence-electron chi connectivity index (χ2n) is 7.56. The van der Waals surface area contributed by atoms with E-state index in [0.717, 1.165) is 16.8 Å². The van der Waals surface area contributed by atoms with Crippen molar-refractivity contribution < 1.29 is 19.4 Å². The maximum atomic E-state index is 13.6. The van der Waals surface area contributed by atoms with Crippen LogP contribution in [0, 0.1) is 5.82 Å². The van der Waals surface area contributed by atoms with Crippen LogP contribution >= 0.6 is 0 Å². The Hall–Kier alpha value is -4.14. The molecule has 1 amide bonds. The summed E-state index contributed by atoms with van der Waals surface area (Å²) in [5.74, 6) is 0.484. The molecule has 3 heterocycles. The van der Waals surface area contributed by atoms with Crippen molar-refractivity contribution in [3.05, 3.63) is 66.7 Å². The van der Waals surface area contributed by atoms with Gasteiger partial charge in [0.2, 0.25) is 0 Å². The van der Waals surface area contributed by atoms with E-state index in [2.05, 4.69) is 4.98 Å². The number of benzene rings is 2. The van der Waals surface area contributed by atoms with Gasteiger partial charge >= 0.3 is 6.09 Å². The number of rotatable bonds is 3. The zero-order chi connectivity index (χ0) is 22.2. The summed E-state index contributed by atoms with van der Waals surface area (Å²) in [5, 5.41) is 19.0. The van der Waals surface area contributed by atoms with Crippen LogP contribution in [0.25, 0.3) is 28.2 Å². The lowest BCUT2D eigenvalue weighted by Gasteiger charge is -2.33. The summed E-state index contributed by atoms with van der Waals surface area (Å²) in [6.45, 7) is 1.78. The highest BCUT2D eigenvalue weighted by Gasteiger charge is 2.25. The zero-order valence-electron chi connectivity index (χ0n) is 17.0. The van der Waals surface area contributed by atoms with Gasteiger partial charge in [-0.25, -0.2) is 19.2 Å². The number of phenolic OH excluding ortho intramolecular Hbond substituents is 1. The van der Waals surface area contributed by atoms with Crippen LogP contribution in [0.2, 0.25) is 0 Å². The van der Waals surface area contributed by atoms with E-state index in [1.165, 1.54) is 17.0 Å². The molecule has 0 atom stereocenters. The van der Waals surface area contributed by atoms with Gasteiger partial charge in [0.1, 0.15) is 11.6 Å². The third kappa shape index (κ3) is 3.47. The lowest BCUT2D eigenvalue weighted by Crippen LogP contribution is -2.48. The molecule has 2 aromatic carbocycles. The number of anilines is 1. The van der Waals surface area contributed by atoms with Gasteiger partial charge in [-0.1, -0.05) is 0 Å².